The molecule has 0 spiro atoms. The van der Waals surface area contributed by atoms with Crippen molar-refractivity contribution in [3.05, 3.63) is 51.2 Å². The molecule has 2 aromatic rings. The number of benzene rings is 1. The van der Waals surface area contributed by atoms with Crippen LogP contribution in [0.1, 0.15) is 35.7 Å². The lowest BCUT2D eigenvalue weighted by molar-refractivity contribution is -0.145. The van der Waals surface area contributed by atoms with Crippen LogP contribution in [0, 0.1) is 0 Å². The number of methoxy groups -OCH3 is 1. The van der Waals surface area contributed by atoms with Crippen LogP contribution in [0.25, 0.3) is 0 Å². The molecule has 1 aromatic carbocycles. The Bertz CT molecular complexity index is 701. The Labute approximate surface area is 150 Å². The highest BCUT2D eigenvalue weighted by atomic mass is 35.5. The molecule has 1 fully saturated rings. The summed E-state index contributed by atoms with van der Waals surface area (Å²) in [7, 11) is 1.64. The molecule has 1 aliphatic heterocycles. The number of likely N-dealkylation sites (tertiary alicyclic amines) is 1. The summed E-state index contributed by atoms with van der Waals surface area (Å²) in [6, 6.07) is 11.1. The number of piperidine rings is 1. The lowest BCUT2D eigenvalue weighted by atomic mass is 9.95. The van der Waals surface area contributed by atoms with Gasteiger partial charge in [0.25, 0.3) is 0 Å². The first-order valence-electron chi connectivity index (χ1n) is 7.98. The smallest absolute Gasteiger partial charge is 0.320 e. The number of thiophene rings is 1. The minimum absolute atomic E-state index is 0.102. The van der Waals surface area contributed by atoms with E-state index in [0.717, 1.165) is 35.6 Å². The van der Waals surface area contributed by atoms with Gasteiger partial charge < -0.3 is 9.84 Å². The second kappa shape index (κ2) is 7.55. The summed E-state index contributed by atoms with van der Waals surface area (Å²) in [5.41, 5.74) is 1.06. The van der Waals surface area contributed by atoms with E-state index in [-0.39, 0.29) is 6.04 Å². The van der Waals surface area contributed by atoms with Crippen LogP contribution in [-0.4, -0.2) is 35.7 Å². The van der Waals surface area contributed by atoms with Gasteiger partial charge in [0.05, 0.1) is 17.5 Å². The first-order chi connectivity index (χ1) is 11.6. The lowest BCUT2D eigenvalue weighted by Crippen LogP contribution is -2.46. The summed E-state index contributed by atoms with van der Waals surface area (Å²) in [5.74, 6) is 0.0333. The largest absolute Gasteiger partial charge is 0.497 e. The second-order valence-corrected chi connectivity index (χ2v) is 7.65. The van der Waals surface area contributed by atoms with E-state index in [9.17, 15) is 9.90 Å². The molecule has 2 atom stereocenters. The first kappa shape index (κ1) is 17.3. The summed E-state index contributed by atoms with van der Waals surface area (Å²) in [6.45, 7) is 0.767. The van der Waals surface area contributed by atoms with Gasteiger partial charge in [0.1, 0.15) is 11.8 Å². The zero-order valence-electron chi connectivity index (χ0n) is 13.4. The van der Waals surface area contributed by atoms with Gasteiger partial charge in [-0.05, 0) is 49.2 Å². The maximum absolute atomic E-state index is 11.8. The van der Waals surface area contributed by atoms with E-state index in [2.05, 4.69) is 4.90 Å². The third-order valence-electron chi connectivity index (χ3n) is 4.46. The van der Waals surface area contributed by atoms with E-state index in [4.69, 9.17) is 16.3 Å². The molecule has 1 aliphatic rings. The van der Waals surface area contributed by atoms with Crippen LogP contribution in [0.3, 0.4) is 0 Å². The zero-order chi connectivity index (χ0) is 17.1. The summed E-state index contributed by atoms with van der Waals surface area (Å²) < 4.78 is 5.95. The number of rotatable bonds is 5. The van der Waals surface area contributed by atoms with Crippen molar-refractivity contribution >= 4 is 28.9 Å². The number of nitrogens with zero attached hydrogens (tertiary/aromatic N) is 1. The Morgan fingerprint density at radius 1 is 1.29 bits per heavy atom. The van der Waals surface area contributed by atoms with Gasteiger partial charge in [-0.3, -0.25) is 9.69 Å². The van der Waals surface area contributed by atoms with Gasteiger partial charge in [-0.2, -0.15) is 0 Å². The van der Waals surface area contributed by atoms with E-state index in [1.165, 1.54) is 11.3 Å². The molecular formula is C18H20ClNO3S. The third-order valence-corrected chi connectivity index (χ3v) is 5.74. The van der Waals surface area contributed by atoms with Gasteiger partial charge in [0, 0.05) is 4.88 Å². The van der Waals surface area contributed by atoms with Crippen molar-refractivity contribution < 1.29 is 14.6 Å². The Morgan fingerprint density at radius 3 is 2.62 bits per heavy atom. The number of carboxylic acids is 1. The van der Waals surface area contributed by atoms with Gasteiger partial charge in [0.2, 0.25) is 0 Å². The maximum Gasteiger partial charge on any atom is 0.320 e. The molecule has 1 N–H and O–H groups in total. The topological polar surface area (TPSA) is 49.8 Å². The SMILES string of the molecule is COc1ccc(C(c2ccc(Cl)s2)N2CCCCC2C(=O)O)cc1. The second-order valence-electron chi connectivity index (χ2n) is 5.91. The highest BCUT2D eigenvalue weighted by molar-refractivity contribution is 7.16. The Hall–Kier alpha value is -1.56. The summed E-state index contributed by atoms with van der Waals surface area (Å²) in [5, 5.41) is 9.65. The lowest BCUT2D eigenvalue weighted by Gasteiger charge is -2.39. The predicted molar refractivity (Wildman–Crippen MR) is 96.1 cm³/mol. The first-order valence-corrected chi connectivity index (χ1v) is 9.17. The molecule has 1 saturated heterocycles. The molecule has 4 nitrogen and oxygen atoms in total. The molecule has 1 aromatic heterocycles. The Morgan fingerprint density at radius 2 is 2.04 bits per heavy atom. The highest BCUT2D eigenvalue weighted by Crippen LogP contribution is 2.39. The summed E-state index contributed by atoms with van der Waals surface area (Å²) in [6.07, 6.45) is 2.64. The number of carboxylic acid groups (broad SMARTS) is 1. The van der Waals surface area contributed by atoms with Crippen LogP contribution in [0.4, 0.5) is 0 Å². The molecule has 0 aliphatic carbocycles. The zero-order valence-corrected chi connectivity index (χ0v) is 15.0. The molecule has 128 valence electrons. The van der Waals surface area contributed by atoms with E-state index in [1.54, 1.807) is 7.11 Å². The summed E-state index contributed by atoms with van der Waals surface area (Å²) >= 11 is 7.65. The number of aliphatic carboxylic acids is 1. The fourth-order valence-corrected chi connectivity index (χ4v) is 4.52. The van der Waals surface area contributed by atoms with Crippen LogP contribution in [0.15, 0.2) is 36.4 Å². The van der Waals surface area contributed by atoms with Crippen molar-refractivity contribution in [2.24, 2.45) is 0 Å². The standard InChI is InChI=1S/C18H20ClNO3S/c1-23-13-7-5-12(6-8-13)17(15-9-10-16(19)24-15)20-11-3-2-4-14(20)18(21)22/h5-10,14,17H,2-4,11H2,1H3,(H,21,22). The Balaban J connectivity index is 2.02. The van der Waals surface area contributed by atoms with Gasteiger partial charge in [-0.1, -0.05) is 30.2 Å². The monoisotopic (exact) mass is 365 g/mol. The number of halogens is 1. The van der Waals surface area contributed by atoms with Crippen LogP contribution in [-0.2, 0) is 4.79 Å². The fourth-order valence-electron chi connectivity index (χ4n) is 3.31. The van der Waals surface area contributed by atoms with Crippen molar-refractivity contribution in [2.45, 2.75) is 31.3 Å². The highest BCUT2D eigenvalue weighted by Gasteiger charge is 2.35. The molecule has 0 bridgehead atoms. The average molecular weight is 366 g/mol. The van der Waals surface area contributed by atoms with Crippen molar-refractivity contribution in [1.82, 2.24) is 4.90 Å². The maximum atomic E-state index is 11.8. The number of hydrogen-bond donors (Lipinski definition) is 1. The number of ether oxygens (including phenoxy) is 1. The molecule has 2 unspecified atom stereocenters. The third kappa shape index (κ3) is 3.58. The van der Waals surface area contributed by atoms with Gasteiger partial charge in [-0.15, -0.1) is 11.3 Å². The van der Waals surface area contributed by atoms with E-state index in [0.29, 0.717) is 10.8 Å². The van der Waals surface area contributed by atoms with Crippen molar-refractivity contribution in [3.63, 3.8) is 0 Å². The summed E-state index contributed by atoms with van der Waals surface area (Å²) in [4.78, 5) is 14.9. The molecule has 24 heavy (non-hydrogen) atoms. The Kier molecular flexibility index (Phi) is 5.43. The minimum Gasteiger partial charge on any atom is -0.497 e. The normalized spacial score (nSPS) is 19.8. The van der Waals surface area contributed by atoms with E-state index >= 15 is 0 Å². The van der Waals surface area contributed by atoms with Crippen LogP contribution < -0.4 is 4.74 Å². The van der Waals surface area contributed by atoms with Crippen molar-refractivity contribution in [2.75, 3.05) is 13.7 Å². The predicted octanol–water partition coefficient (Wildman–Crippen LogP) is 4.44. The van der Waals surface area contributed by atoms with Gasteiger partial charge in [-0.25, -0.2) is 0 Å². The van der Waals surface area contributed by atoms with Crippen molar-refractivity contribution in [1.29, 1.82) is 0 Å². The molecule has 3 rings (SSSR count). The fraction of sp³-hybridized carbons (Fsp3) is 0.389. The molecule has 0 amide bonds. The quantitative estimate of drug-likeness (QED) is 0.851. The van der Waals surface area contributed by atoms with E-state index in [1.807, 2.05) is 36.4 Å². The molecule has 2 heterocycles. The van der Waals surface area contributed by atoms with Crippen molar-refractivity contribution in [3.8, 4) is 5.75 Å². The van der Waals surface area contributed by atoms with Crippen LogP contribution in [0.2, 0.25) is 4.34 Å². The molecule has 0 saturated carbocycles. The van der Waals surface area contributed by atoms with E-state index < -0.39 is 12.0 Å². The number of hydrogen-bond acceptors (Lipinski definition) is 4. The van der Waals surface area contributed by atoms with Crippen LogP contribution in [0.5, 0.6) is 5.75 Å². The average Bonchev–Trinajstić information content (AvgIpc) is 3.02. The van der Waals surface area contributed by atoms with Gasteiger partial charge in [0.15, 0.2) is 0 Å². The molecular weight excluding hydrogens is 346 g/mol. The van der Waals surface area contributed by atoms with Gasteiger partial charge >= 0.3 is 5.97 Å². The molecule has 6 heteroatoms. The number of carbonyl (C=O) groups is 1. The minimum atomic E-state index is -0.754. The molecule has 0 radical (unpaired) electrons. The van der Waals surface area contributed by atoms with Crippen LogP contribution >= 0.6 is 22.9 Å².